The highest BCUT2D eigenvalue weighted by molar-refractivity contribution is 7.99. The fourth-order valence-electron chi connectivity index (χ4n) is 1.34. The summed E-state index contributed by atoms with van der Waals surface area (Å²) in [4.78, 5) is 0. The quantitative estimate of drug-likeness (QED) is 0.837. The Bertz CT molecular complexity index is 268. The second kappa shape index (κ2) is 4.28. The van der Waals surface area contributed by atoms with Crippen LogP contribution in [0.1, 0.15) is 11.4 Å². The summed E-state index contributed by atoms with van der Waals surface area (Å²) in [5, 5.41) is 13.3. The average Bonchev–Trinajstić information content (AvgIpc) is 2.71. The lowest BCUT2D eigenvalue weighted by Crippen LogP contribution is -2.13. The Morgan fingerprint density at radius 3 is 3.08 bits per heavy atom. The summed E-state index contributed by atoms with van der Waals surface area (Å²) in [6.45, 7) is 3.04. The van der Waals surface area contributed by atoms with Gasteiger partial charge in [-0.1, -0.05) is 11.3 Å². The Kier molecular flexibility index (Phi) is 3.05. The van der Waals surface area contributed by atoms with Crippen molar-refractivity contribution in [2.75, 3.05) is 23.4 Å². The molecule has 0 bridgehead atoms. The van der Waals surface area contributed by atoms with Gasteiger partial charge in [0.05, 0.1) is 0 Å². The number of anilines is 1. The molecular formula is C8H13N3S2. The van der Waals surface area contributed by atoms with Crippen molar-refractivity contribution in [3.63, 3.8) is 0 Å². The smallest absolute Gasteiger partial charge is 0.205 e. The van der Waals surface area contributed by atoms with Gasteiger partial charge in [-0.2, -0.15) is 11.8 Å². The Hall–Kier alpha value is -0.290. The molecule has 1 aliphatic rings. The van der Waals surface area contributed by atoms with E-state index in [-0.39, 0.29) is 0 Å². The summed E-state index contributed by atoms with van der Waals surface area (Å²) in [5.74, 6) is 3.45. The highest BCUT2D eigenvalue weighted by atomic mass is 32.2. The Labute approximate surface area is 86.3 Å². The summed E-state index contributed by atoms with van der Waals surface area (Å²) >= 11 is 3.68. The van der Waals surface area contributed by atoms with Gasteiger partial charge in [0.1, 0.15) is 5.01 Å². The molecule has 1 N–H and O–H groups in total. The zero-order valence-electron chi connectivity index (χ0n) is 7.62. The lowest BCUT2D eigenvalue weighted by molar-refractivity contribution is 0.631. The van der Waals surface area contributed by atoms with Crippen molar-refractivity contribution in [3.8, 4) is 0 Å². The molecule has 3 nitrogen and oxygen atoms in total. The highest BCUT2D eigenvalue weighted by Crippen LogP contribution is 2.24. The number of aryl methyl sites for hydroxylation is 1. The molecule has 1 aliphatic heterocycles. The number of rotatable bonds is 3. The second-order valence-electron chi connectivity index (χ2n) is 3.24. The molecule has 1 aromatic heterocycles. The largest absolute Gasteiger partial charge is 0.360 e. The minimum absolute atomic E-state index is 0.828. The van der Waals surface area contributed by atoms with Crippen LogP contribution in [-0.4, -0.2) is 28.2 Å². The summed E-state index contributed by atoms with van der Waals surface area (Å²) in [6, 6.07) is 0. The predicted molar refractivity (Wildman–Crippen MR) is 58.6 cm³/mol. The molecule has 0 aromatic carbocycles. The van der Waals surface area contributed by atoms with Crippen molar-refractivity contribution < 1.29 is 0 Å². The first kappa shape index (κ1) is 9.27. The van der Waals surface area contributed by atoms with Crippen molar-refractivity contribution in [1.82, 2.24) is 10.2 Å². The molecule has 5 heteroatoms. The molecule has 1 unspecified atom stereocenters. The molecule has 2 heterocycles. The summed E-state index contributed by atoms with van der Waals surface area (Å²) in [7, 11) is 0. The predicted octanol–water partition coefficient (Wildman–Crippen LogP) is 2.01. The zero-order valence-corrected chi connectivity index (χ0v) is 9.25. The van der Waals surface area contributed by atoms with Gasteiger partial charge < -0.3 is 5.32 Å². The van der Waals surface area contributed by atoms with Crippen LogP contribution in [0.2, 0.25) is 0 Å². The molecule has 1 atom stereocenters. The van der Waals surface area contributed by atoms with Gasteiger partial charge in [0.2, 0.25) is 5.13 Å². The molecule has 72 valence electrons. The van der Waals surface area contributed by atoms with Gasteiger partial charge in [0.25, 0.3) is 0 Å². The fraction of sp³-hybridized carbons (Fsp3) is 0.750. The maximum Gasteiger partial charge on any atom is 0.205 e. The summed E-state index contributed by atoms with van der Waals surface area (Å²) < 4.78 is 0. The third-order valence-electron chi connectivity index (χ3n) is 2.09. The lowest BCUT2D eigenvalue weighted by atomic mass is 10.1. The Morgan fingerprint density at radius 2 is 2.46 bits per heavy atom. The van der Waals surface area contributed by atoms with Crippen LogP contribution in [-0.2, 0) is 0 Å². The lowest BCUT2D eigenvalue weighted by Gasteiger charge is -2.07. The van der Waals surface area contributed by atoms with E-state index in [1.54, 1.807) is 11.3 Å². The second-order valence-corrected chi connectivity index (χ2v) is 5.57. The molecule has 1 saturated heterocycles. The summed E-state index contributed by atoms with van der Waals surface area (Å²) in [5.41, 5.74) is 0. The molecule has 0 radical (unpaired) electrons. The van der Waals surface area contributed by atoms with Crippen LogP contribution in [0.3, 0.4) is 0 Å². The third kappa shape index (κ3) is 2.57. The van der Waals surface area contributed by atoms with E-state index in [0.717, 1.165) is 22.6 Å². The Morgan fingerprint density at radius 1 is 1.54 bits per heavy atom. The first-order chi connectivity index (χ1) is 6.34. The number of thioether (sulfide) groups is 1. The molecule has 0 aliphatic carbocycles. The standard InChI is InChI=1S/C8H13N3S2/c1-6-10-11-8(13-6)9-4-7-2-3-12-5-7/h7H,2-5H2,1H3,(H,9,11). The van der Waals surface area contributed by atoms with Crippen LogP contribution >= 0.6 is 23.1 Å². The zero-order chi connectivity index (χ0) is 9.10. The highest BCUT2D eigenvalue weighted by Gasteiger charge is 2.15. The van der Waals surface area contributed by atoms with E-state index in [1.807, 2.05) is 18.7 Å². The van der Waals surface area contributed by atoms with Gasteiger partial charge >= 0.3 is 0 Å². The van der Waals surface area contributed by atoms with Crippen LogP contribution < -0.4 is 5.32 Å². The first-order valence-electron chi connectivity index (χ1n) is 4.46. The molecule has 2 rings (SSSR count). The molecular weight excluding hydrogens is 202 g/mol. The van der Waals surface area contributed by atoms with E-state index >= 15 is 0 Å². The van der Waals surface area contributed by atoms with Crippen molar-refractivity contribution >= 4 is 28.2 Å². The van der Waals surface area contributed by atoms with E-state index in [4.69, 9.17) is 0 Å². The molecule has 1 fully saturated rings. The van der Waals surface area contributed by atoms with Crippen LogP contribution in [0, 0.1) is 12.8 Å². The van der Waals surface area contributed by atoms with Crippen LogP contribution in [0.15, 0.2) is 0 Å². The first-order valence-corrected chi connectivity index (χ1v) is 6.43. The van der Waals surface area contributed by atoms with Gasteiger partial charge in [0.15, 0.2) is 0 Å². The van der Waals surface area contributed by atoms with Gasteiger partial charge in [-0.15, -0.1) is 10.2 Å². The van der Waals surface area contributed by atoms with Crippen molar-refractivity contribution in [2.24, 2.45) is 5.92 Å². The van der Waals surface area contributed by atoms with Gasteiger partial charge in [0, 0.05) is 6.54 Å². The van der Waals surface area contributed by atoms with E-state index in [2.05, 4.69) is 15.5 Å². The van der Waals surface area contributed by atoms with E-state index < -0.39 is 0 Å². The maximum absolute atomic E-state index is 4.03. The summed E-state index contributed by atoms with van der Waals surface area (Å²) in [6.07, 6.45) is 1.34. The molecule has 0 spiro atoms. The fourth-order valence-corrected chi connectivity index (χ4v) is 3.23. The third-order valence-corrected chi connectivity index (χ3v) is 4.12. The molecule has 13 heavy (non-hydrogen) atoms. The monoisotopic (exact) mass is 215 g/mol. The minimum Gasteiger partial charge on any atom is -0.360 e. The van der Waals surface area contributed by atoms with Crippen LogP contribution in [0.5, 0.6) is 0 Å². The van der Waals surface area contributed by atoms with Crippen LogP contribution in [0.4, 0.5) is 5.13 Å². The number of nitrogens with zero attached hydrogens (tertiary/aromatic N) is 2. The molecule has 1 aromatic rings. The van der Waals surface area contributed by atoms with Crippen molar-refractivity contribution in [3.05, 3.63) is 5.01 Å². The van der Waals surface area contributed by atoms with E-state index in [1.165, 1.54) is 17.9 Å². The number of hydrogen-bond donors (Lipinski definition) is 1. The molecule has 0 amide bonds. The topological polar surface area (TPSA) is 37.8 Å². The van der Waals surface area contributed by atoms with Gasteiger partial charge in [-0.05, 0) is 30.8 Å². The number of nitrogens with one attached hydrogen (secondary N) is 1. The molecule has 0 saturated carbocycles. The van der Waals surface area contributed by atoms with Crippen LogP contribution in [0.25, 0.3) is 0 Å². The minimum atomic E-state index is 0.828. The van der Waals surface area contributed by atoms with Gasteiger partial charge in [-0.25, -0.2) is 0 Å². The SMILES string of the molecule is Cc1nnc(NCC2CCSC2)s1. The van der Waals surface area contributed by atoms with E-state index in [9.17, 15) is 0 Å². The van der Waals surface area contributed by atoms with E-state index in [0.29, 0.717) is 0 Å². The Balaban J connectivity index is 1.78. The van der Waals surface area contributed by atoms with Crippen molar-refractivity contribution in [2.45, 2.75) is 13.3 Å². The normalized spacial score (nSPS) is 22.1. The van der Waals surface area contributed by atoms with Crippen molar-refractivity contribution in [1.29, 1.82) is 0 Å². The van der Waals surface area contributed by atoms with Gasteiger partial charge in [-0.3, -0.25) is 0 Å². The number of aromatic nitrogens is 2. The average molecular weight is 215 g/mol. The maximum atomic E-state index is 4.03. The number of hydrogen-bond acceptors (Lipinski definition) is 5.